The molecular formula is C21H25N3OS. The van der Waals surface area contributed by atoms with E-state index in [4.69, 9.17) is 4.74 Å². The van der Waals surface area contributed by atoms with E-state index < -0.39 is 0 Å². The van der Waals surface area contributed by atoms with Crippen molar-refractivity contribution in [2.45, 2.75) is 51.8 Å². The van der Waals surface area contributed by atoms with Crippen LogP contribution in [-0.4, -0.2) is 14.8 Å². The molecule has 0 saturated carbocycles. The number of hydrogen-bond donors (Lipinski definition) is 0. The van der Waals surface area contributed by atoms with Crippen LogP contribution in [0.4, 0.5) is 0 Å². The number of benzene rings is 2. The quantitative estimate of drug-likeness (QED) is 0.545. The fraction of sp³-hybridized carbons (Fsp3) is 0.333. The van der Waals surface area contributed by atoms with Crippen LogP contribution in [0.3, 0.4) is 0 Å². The van der Waals surface area contributed by atoms with Crippen molar-refractivity contribution in [3.05, 3.63) is 70.5 Å². The predicted molar refractivity (Wildman–Crippen MR) is 107 cm³/mol. The topological polar surface area (TPSA) is 39.9 Å². The van der Waals surface area contributed by atoms with Crippen LogP contribution in [0.15, 0.2) is 47.6 Å². The maximum atomic E-state index is 5.93. The summed E-state index contributed by atoms with van der Waals surface area (Å²) in [7, 11) is 0. The Balaban J connectivity index is 1.67. The molecule has 0 unspecified atom stereocenters. The number of nitrogens with zero attached hydrogens (tertiary/aromatic N) is 3. The molecule has 4 nitrogen and oxygen atoms in total. The highest BCUT2D eigenvalue weighted by molar-refractivity contribution is 7.98. The Hall–Kier alpha value is -2.27. The van der Waals surface area contributed by atoms with Crippen molar-refractivity contribution < 1.29 is 4.74 Å². The Morgan fingerprint density at radius 1 is 0.962 bits per heavy atom. The zero-order valence-corrected chi connectivity index (χ0v) is 16.6. The number of thioether (sulfide) groups is 1. The van der Waals surface area contributed by atoms with Crippen LogP contribution in [0.1, 0.15) is 35.0 Å². The van der Waals surface area contributed by atoms with Gasteiger partial charge in [0, 0.05) is 12.3 Å². The van der Waals surface area contributed by atoms with Crippen molar-refractivity contribution in [2.75, 3.05) is 0 Å². The molecule has 2 aromatic carbocycles. The summed E-state index contributed by atoms with van der Waals surface area (Å²) in [5.41, 5.74) is 5.13. The van der Waals surface area contributed by atoms with Crippen LogP contribution in [0, 0.1) is 20.8 Å². The van der Waals surface area contributed by atoms with Gasteiger partial charge in [0.25, 0.3) is 0 Å². The Bertz CT molecular complexity index is 889. The molecule has 0 aliphatic rings. The van der Waals surface area contributed by atoms with E-state index in [0.29, 0.717) is 6.61 Å². The number of ether oxygens (including phenoxy) is 1. The van der Waals surface area contributed by atoms with Gasteiger partial charge in [-0.25, -0.2) is 0 Å². The Kier molecular flexibility index (Phi) is 5.99. The van der Waals surface area contributed by atoms with E-state index in [2.05, 4.69) is 78.9 Å². The van der Waals surface area contributed by atoms with Gasteiger partial charge in [0.15, 0.2) is 11.0 Å². The zero-order chi connectivity index (χ0) is 18.5. The molecule has 1 aromatic heterocycles. The molecule has 0 spiro atoms. The second-order valence-electron chi connectivity index (χ2n) is 6.39. The molecule has 3 rings (SSSR count). The van der Waals surface area contributed by atoms with Crippen LogP contribution in [0.5, 0.6) is 5.75 Å². The summed E-state index contributed by atoms with van der Waals surface area (Å²) in [6, 6.07) is 14.6. The smallest absolute Gasteiger partial charge is 0.191 e. The average molecular weight is 368 g/mol. The molecule has 3 aromatic rings. The first-order valence-corrected chi connectivity index (χ1v) is 9.86. The summed E-state index contributed by atoms with van der Waals surface area (Å²) in [5.74, 6) is 2.62. The summed E-state index contributed by atoms with van der Waals surface area (Å²) in [5, 5.41) is 9.65. The van der Waals surface area contributed by atoms with Crippen LogP contribution in [0.25, 0.3) is 0 Å². The van der Waals surface area contributed by atoms with Crippen LogP contribution in [0.2, 0.25) is 0 Å². The molecule has 0 fully saturated rings. The monoisotopic (exact) mass is 367 g/mol. The minimum atomic E-state index is 0.425. The van der Waals surface area contributed by atoms with Gasteiger partial charge < -0.3 is 9.30 Å². The fourth-order valence-electron chi connectivity index (χ4n) is 2.72. The number of aromatic nitrogens is 3. The molecule has 26 heavy (non-hydrogen) atoms. The third-order valence-corrected chi connectivity index (χ3v) is 5.59. The van der Waals surface area contributed by atoms with Gasteiger partial charge in [0.05, 0.1) is 0 Å². The first-order valence-electron chi connectivity index (χ1n) is 8.88. The van der Waals surface area contributed by atoms with Gasteiger partial charge >= 0.3 is 0 Å². The molecule has 0 aliphatic heterocycles. The maximum Gasteiger partial charge on any atom is 0.191 e. The number of aryl methyl sites for hydroxylation is 3. The lowest BCUT2D eigenvalue weighted by Crippen LogP contribution is -2.07. The Morgan fingerprint density at radius 2 is 1.77 bits per heavy atom. The average Bonchev–Trinajstić information content (AvgIpc) is 3.04. The van der Waals surface area contributed by atoms with E-state index >= 15 is 0 Å². The Labute approximate surface area is 159 Å². The lowest BCUT2D eigenvalue weighted by atomic mass is 10.1. The van der Waals surface area contributed by atoms with E-state index in [-0.39, 0.29) is 0 Å². The van der Waals surface area contributed by atoms with Gasteiger partial charge in [0.1, 0.15) is 12.4 Å². The SMILES string of the molecule is CCn1c(COc2ccc(C)c(C)c2)nnc1SCc1ccccc1C. The van der Waals surface area contributed by atoms with Gasteiger partial charge in [-0.3, -0.25) is 0 Å². The molecule has 0 aliphatic carbocycles. The van der Waals surface area contributed by atoms with Gasteiger partial charge in [-0.1, -0.05) is 42.1 Å². The molecule has 5 heteroatoms. The van der Waals surface area contributed by atoms with Crippen LogP contribution >= 0.6 is 11.8 Å². The molecule has 136 valence electrons. The molecule has 0 atom stereocenters. The van der Waals surface area contributed by atoms with Gasteiger partial charge in [0.2, 0.25) is 0 Å². The van der Waals surface area contributed by atoms with Crippen LogP contribution in [-0.2, 0) is 18.9 Å². The van der Waals surface area contributed by atoms with E-state index in [1.54, 1.807) is 11.8 Å². The lowest BCUT2D eigenvalue weighted by molar-refractivity contribution is 0.288. The van der Waals surface area contributed by atoms with E-state index in [1.807, 2.05) is 6.07 Å². The van der Waals surface area contributed by atoms with Gasteiger partial charge in [-0.2, -0.15) is 0 Å². The summed E-state index contributed by atoms with van der Waals surface area (Å²) in [4.78, 5) is 0. The van der Waals surface area contributed by atoms with Gasteiger partial charge in [-0.15, -0.1) is 10.2 Å². The molecular weight excluding hydrogens is 342 g/mol. The normalized spacial score (nSPS) is 10.9. The summed E-state index contributed by atoms with van der Waals surface area (Å²) >= 11 is 1.72. The molecule has 0 N–H and O–H groups in total. The van der Waals surface area contributed by atoms with E-state index in [1.165, 1.54) is 22.3 Å². The second kappa shape index (κ2) is 8.41. The Morgan fingerprint density at radius 3 is 2.50 bits per heavy atom. The minimum absolute atomic E-state index is 0.425. The van der Waals surface area contributed by atoms with Crippen LogP contribution < -0.4 is 4.74 Å². The lowest BCUT2D eigenvalue weighted by Gasteiger charge is -2.10. The third-order valence-electron chi connectivity index (χ3n) is 4.57. The number of rotatable bonds is 7. The molecule has 1 heterocycles. The first-order chi connectivity index (χ1) is 12.6. The minimum Gasteiger partial charge on any atom is -0.486 e. The summed E-state index contributed by atoms with van der Waals surface area (Å²) < 4.78 is 8.06. The molecule has 0 saturated heterocycles. The van der Waals surface area contributed by atoms with Crippen molar-refractivity contribution in [1.29, 1.82) is 0 Å². The highest BCUT2D eigenvalue weighted by atomic mass is 32.2. The van der Waals surface area contributed by atoms with Crippen molar-refractivity contribution in [2.24, 2.45) is 0 Å². The summed E-state index contributed by atoms with van der Waals surface area (Å²) in [6.45, 7) is 9.70. The highest BCUT2D eigenvalue weighted by Gasteiger charge is 2.12. The van der Waals surface area contributed by atoms with E-state index in [9.17, 15) is 0 Å². The van der Waals surface area contributed by atoms with Crippen molar-refractivity contribution >= 4 is 11.8 Å². The van der Waals surface area contributed by atoms with Gasteiger partial charge in [-0.05, 0) is 62.1 Å². The van der Waals surface area contributed by atoms with E-state index in [0.717, 1.165) is 29.0 Å². The first kappa shape index (κ1) is 18.5. The van der Waals surface area contributed by atoms with Crippen molar-refractivity contribution in [3.8, 4) is 5.75 Å². The van der Waals surface area contributed by atoms with Crippen molar-refractivity contribution in [3.63, 3.8) is 0 Å². The third kappa shape index (κ3) is 4.28. The zero-order valence-electron chi connectivity index (χ0n) is 15.8. The standard InChI is InChI=1S/C21H25N3OS/c1-5-24-20(13-25-19-11-10-15(2)17(4)12-19)22-23-21(24)26-14-18-9-7-6-8-16(18)3/h6-12H,5,13-14H2,1-4H3. The predicted octanol–water partition coefficient (Wildman–Crippen LogP) is 5.09. The van der Waals surface area contributed by atoms with Crippen molar-refractivity contribution in [1.82, 2.24) is 14.8 Å². The molecule has 0 bridgehead atoms. The highest BCUT2D eigenvalue weighted by Crippen LogP contribution is 2.24. The largest absolute Gasteiger partial charge is 0.486 e. The maximum absolute atomic E-state index is 5.93. The number of hydrogen-bond acceptors (Lipinski definition) is 4. The fourth-order valence-corrected chi connectivity index (χ4v) is 3.81. The second-order valence-corrected chi connectivity index (χ2v) is 7.34. The molecule has 0 radical (unpaired) electrons. The summed E-state index contributed by atoms with van der Waals surface area (Å²) in [6.07, 6.45) is 0. The molecule has 0 amide bonds.